The first-order chi connectivity index (χ1) is 15.8. The third kappa shape index (κ3) is 3.06. The van der Waals surface area contributed by atoms with E-state index in [9.17, 15) is 24.0 Å². The van der Waals surface area contributed by atoms with Gasteiger partial charge in [0, 0.05) is 11.3 Å². The van der Waals surface area contributed by atoms with Crippen LogP contribution in [-0.4, -0.2) is 39.9 Å². The van der Waals surface area contributed by atoms with Crippen LogP contribution in [0.5, 0.6) is 0 Å². The minimum absolute atomic E-state index is 0.0170. The molecule has 0 radical (unpaired) electrons. The second-order valence-electron chi connectivity index (χ2n) is 7.60. The molecule has 0 unspecified atom stereocenters. The van der Waals surface area contributed by atoms with E-state index in [2.05, 4.69) is 0 Å². The molecule has 3 aromatic carbocycles. The number of rotatable bonds is 4. The fraction of sp³-hybridized carbons (Fsp3) is 0.0417. The summed E-state index contributed by atoms with van der Waals surface area (Å²) in [5, 5.41) is 18.3. The molecule has 0 atom stereocenters. The van der Waals surface area contributed by atoms with E-state index in [1.54, 1.807) is 12.1 Å². The molecule has 0 bridgehead atoms. The van der Waals surface area contributed by atoms with Crippen molar-refractivity contribution in [2.24, 2.45) is 0 Å². The maximum absolute atomic E-state index is 12.8. The van der Waals surface area contributed by atoms with Gasteiger partial charge < -0.3 is 15.1 Å². The van der Waals surface area contributed by atoms with E-state index in [0.29, 0.717) is 16.8 Å². The summed E-state index contributed by atoms with van der Waals surface area (Å²) in [5.74, 6) is -3.75. The number of carboxylic acids is 2. The smallest absolute Gasteiger partial charge is 0.335 e. The zero-order valence-electron chi connectivity index (χ0n) is 16.8. The average molecular weight is 442 g/mol. The summed E-state index contributed by atoms with van der Waals surface area (Å²) in [6, 6.07) is 14.3. The largest absolute Gasteiger partial charge is 0.478 e. The first-order valence-corrected chi connectivity index (χ1v) is 9.80. The van der Waals surface area contributed by atoms with Gasteiger partial charge in [0.2, 0.25) is 0 Å². The van der Waals surface area contributed by atoms with E-state index < -0.39 is 23.8 Å². The van der Waals surface area contributed by atoms with Gasteiger partial charge in [-0.05, 0) is 66.2 Å². The minimum atomic E-state index is -1.20. The number of fused-ring (bicyclic) bond motifs is 2. The molecule has 0 spiro atoms. The quantitative estimate of drug-likeness (QED) is 0.594. The minimum Gasteiger partial charge on any atom is -0.478 e. The van der Waals surface area contributed by atoms with Gasteiger partial charge >= 0.3 is 11.9 Å². The number of hydrogen-bond acceptors (Lipinski definition) is 5. The first-order valence-electron chi connectivity index (χ1n) is 9.80. The number of anilines is 2. The summed E-state index contributed by atoms with van der Waals surface area (Å²) in [4.78, 5) is 63.2. The van der Waals surface area contributed by atoms with Crippen LogP contribution in [0.15, 0.2) is 60.7 Å². The standard InChI is InChI=1S/C24H14N2O7/c27-20-17-7-1-12(23(30)31)9-14(17)11-25(20)15-3-5-16(6-4-15)26-21(28)18-8-2-13(24(32)33)10-19(18)22(26)29/h1-10H,11H2,(H,30,31)(H,32,33). The van der Waals surface area contributed by atoms with Gasteiger partial charge in [0.25, 0.3) is 17.7 Å². The van der Waals surface area contributed by atoms with Crippen LogP contribution in [0.3, 0.4) is 0 Å². The van der Waals surface area contributed by atoms with Crippen molar-refractivity contribution in [3.63, 3.8) is 0 Å². The molecule has 0 aromatic heterocycles. The van der Waals surface area contributed by atoms with Crippen LogP contribution >= 0.6 is 0 Å². The number of carbonyl (C=O) groups is 5. The SMILES string of the molecule is O=C(O)c1ccc2c(c1)CN(c1ccc(N3C(=O)c4ccc(C(=O)O)cc4C3=O)cc1)C2=O. The van der Waals surface area contributed by atoms with Crippen LogP contribution in [0.25, 0.3) is 0 Å². The maximum atomic E-state index is 12.8. The Morgan fingerprint density at radius 2 is 1.18 bits per heavy atom. The number of nitrogens with zero attached hydrogens (tertiary/aromatic N) is 2. The van der Waals surface area contributed by atoms with Gasteiger partial charge in [-0.1, -0.05) is 0 Å². The van der Waals surface area contributed by atoms with Crippen molar-refractivity contribution in [3.8, 4) is 0 Å². The summed E-state index contributed by atoms with van der Waals surface area (Å²) >= 11 is 0. The maximum Gasteiger partial charge on any atom is 0.335 e. The molecule has 3 amide bonds. The third-order valence-electron chi connectivity index (χ3n) is 5.71. The zero-order chi connectivity index (χ0) is 23.4. The highest BCUT2D eigenvalue weighted by atomic mass is 16.4. The average Bonchev–Trinajstić information content (AvgIpc) is 3.27. The fourth-order valence-corrected chi connectivity index (χ4v) is 4.05. The molecule has 0 saturated carbocycles. The number of carbonyl (C=O) groups excluding carboxylic acids is 3. The molecular formula is C24H14N2O7. The Morgan fingerprint density at radius 3 is 1.82 bits per heavy atom. The molecule has 33 heavy (non-hydrogen) atoms. The second-order valence-corrected chi connectivity index (χ2v) is 7.60. The predicted octanol–water partition coefficient (Wildman–Crippen LogP) is 3.04. The Bertz CT molecular complexity index is 1410. The summed E-state index contributed by atoms with van der Waals surface area (Å²) in [6.07, 6.45) is 0. The molecule has 162 valence electrons. The number of carboxylic acid groups (broad SMARTS) is 2. The third-order valence-corrected chi connectivity index (χ3v) is 5.71. The van der Waals surface area contributed by atoms with Crippen LogP contribution in [0.1, 0.15) is 57.4 Å². The Kier molecular flexibility index (Phi) is 4.35. The normalized spacial score (nSPS) is 14.5. The fourth-order valence-electron chi connectivity index (χ4n) is 4.05. The number of amides is 3. The Hall–Kier alpha value is -4.79. The molecule has 2 aliphatic rings. The monoisotopic (exact) mass is 442 g/mol. The summed E-state index contributed by atoms with van der Waals surface area (Å²) in [6.45, 7) is 0.194. The zero-order valence-corrected chi connectivity index (χ0v) is 16.8. The van der Waals surface area contributed by atoms with Crippen molar-refractivity contribution in [2.75, 3.05) is 9.80 Å². The lowest BCUT2D eigenvalue weighted by atomic mass is 10.1. The van der Waals surface area contributed by atoms with Crippen molar-refractivity contribution in [1.82, 2.24) is 0 Å². The van der Waals surface area contributed by atoms with Gasteiger partial charge in [-0.15, -0.1) is 0 Å². The van der Waals surface area contributed by atoms with E-state index in [1.165, 1.54) is 53.4 Å². The van der Waals surface area contributed by atoms with E-state index >= 15 is 0 Å². The molecule has 5 rings (SSSR count). The Labute approximate surface area is 186 Å². The Morgan fingerprint density at radius 1 is 0.636 bits per heavy atom. The highest BCUT2D eigenvalue weighted by molar-refractivity contribution is 6.34. The van der Waals surface area contributed by atoms with Crippen molar-refractivity contribution >= 4 is 41.0 Å². The van der Waals surface area contributed by atoms with Crippen molar-refractivity contribution in [2.45, 2.75) is 6.54 Å². The molecule has 9 nitrogen and oxygen atoms in total. The lowest BCUT2D eigenvalue weighted by Crippen LogP contribution is -2.29. The number of imide groups is 1. The van der Waals surface area contributed by atoms with E-state index in [0.717, 1.165) is 4.90 Å². The van der Waals surface area contributed by atoms with Gasteiger partial charge in [-0.2, -0.15) is 0 Å². The molecule has 9 heteroatoms. The van der Waals surface area contributed by atoms with Crippen LogP contribution in [0.4, 0.5) is 11.4 Å². The van der Waals surface area contributed by atoms with E-state index in [-0.39, 0.29) is 40.4 Å². The van der Waals surface area contributed by atoms with Gasteiger partial charge in [0.15, 0.2) is 0 Å². The summed E-state index contributed by atoms with van der Waals surface area (Å²) in [7, 11) is 0. The first kappa shape index (κ1) is 20.1. The van der Waals surface area contributed by atoms with Gasteiger partial charge in [0.05, 0.1) is 34.5 Å². The van der Waals surface area contributed by atoms with E-state index in [4.69, 9.17) is 10.2 Å². The summed E-state index contributed by atoms with van der Waals surface area (Å²) < 4.78 is 0. The second kappa shape index (κ2) is 7.13. The number of benzene rings is 3. The molecule has 2 aliphatic heterocycles. The van der Waals surface area contributed by atoms with Crippen LogP contribution in [0.2, 0.25) is 0 Å². The molecule has 2 N–H and O–H groups in total. The predicted molar refractivity (Wildman–Crippen MR) is 115 cm³/mol. The molecule has 2 heterocycles. The van der Waals surface area contributed by atoms with Gasteiger partial charge in [0.1, 0.15) is 0 Å². The van der Waals surface area contributed by atoms with Crippen molar-refractivity contribution < 1.29 is 34.2 Å². The molecule has 3 aromatic rings. The Balaban J connectivity index is 1.42. The number of hydrogen-bond donors (Lipinski definition) is 2. The topological polar surface area (TPSA) is 132 Å². The van der Waals surface area contributed by atoms with E-state index in [1.807, 2.05) is 0 Å². The number of aromatic carboxylic acids is 2. The molecule has 0 aliphatic carbocycles. The van der Waals surface area contributed by atoms with Crippen molar-refractivity contribution in [3.05, 3.63) is 94.0 Å². The van der Waals surface area contributed by atoms with Crippen LogP contribution in [-0.2, 0) is 6.54 Å². The summed E-state index contributed by atoms with van der Waals surface area (Å²) in [5.41, 5.74) is 1.94. The lowest BCUT2D eigenvalue weighted by Gasteiger charge is -2.18. The highest BCUT2D eigenvalue weighted by Crippen LogP contribution is 2.33. The van der Waals surface area contributed by atoms with Crippen molar-refractivity contribution in [1.29, 1.82) is 0 Å². The van der Waals surface area contributed by atoms with Crippen LogP contribution < -0.4 is 9.80 Å². The lowest BCUT2D eigenvalue weighted by molar-refractivity contribution is 0.0686. The molecule has 0 saturated heterocycles. The van der Waals surface area contributed by atoms with Gasteiger partial charge in [-0.3, -0.25) is 14.4 Å². The molecular weight excluding hydrogens is 428 g/mol. The van der Waals surface area contributed by atoms with Gasteiger partial charge in [-0.25, -0.2) is 14.5 Å². The molecule has 0 fully saturated rings. The highest BCUT2D eigenvalue weighted by Gasteiger charge is 2.37. The van der Waals surface area contributed by atoms with Crippen LogP contribution in [0, 0.1) is 0 Å².